The van der Waals surface area contributed by atoms with E-state index in [0.29, 0.717) is 16.9 Å². The fourth-order valence-corrected chi connectivity index (χ4v) is 7.09. The molecule has 0 spiro atoms. The van der Waals surface area contributed by atoms with Crippen LogP contribution in [0.3, 0.4) is 0 Å². The topological polar surface area (TPSA) is 60.9 Å². The molecule has 3 heterocycles. The maximum absolute atomic E-state index is 13.7. The Morgan fingerprint density at radius 2 is 2.00 bits per heavy atom. The van der Waals surface area contributed by atoms with Crippen LogP contribution in [0.1, 0.15) is 54.2 Å². The monoisotopic (exact) mass is 425 g/mol. The summed E-state index contributed by atoms with van der Waals surface area (Å²) in [4.78, 5) is 18.7. The number of benzene rings is 1. The predicted molar refractivity (Wildman–Crippen MR) is 116 cm³/mol. The molecule has 0 radical (unpaired) electrons. The van der Waals surface area contributed by atoms with E-state index >= 15 is 0 Å². The third kappa shape index (κ3) is 3.34. The summed E-state index contributed by atoms with van der Waals surface area (Å²) in [6.07, 6.45) is 4.73. The Kier molecular flexibility index (Phi) is 5.04. The summed E-state index contributed by atoms with van der Waals surface area (Å²) >= 11 is 3.39. The largest absolute Gasteiger partial charge is 0.361 e. The Hall–Kier alpha value is -1.99. The molecule has 2 aliphatic rings. The molecule has 2 atom stereocenters. The molecular weight excluding hydrogens is 402 g/mol. The van der Waals surface area contributed by atoms with Crippen LogP contribution in [0.4, 0.5) is 0 Å². The van der Waals surface area contributed by atoms with Crippen molar-refractivity contribution in [2.75, 3.05) is 0 Å². The Bertz CT molecular complexity index is 1090. The van der Waals surface area contributed by atoms with Crippen molar-refractivity contribution in [2.45, 2.75) is 66.6 Å². The quantitative estimate of drug-likeness (QED) is 0.323. The average molecular weight is 426 g/mol. The Balaban J connectivity index is 1.60. The lowest BCUT2D eigenvalue weighted by Gasteiger charge is -2.24. The van der Waals surface area contributed by atoms with E-state index in [4.69, 9.17) is 9.51 Å². The summed E-state index contributed by atoms with van der Waals surface area (Å²) in [5.41, 5.74) is 3.88. The van der Waals surface area contributed by atoms with Gasteiger partial charge in [0.05, 0.1) is 16.9 Å². The molecule has 7 heteroatoms. The van der Waals surface area contributed by atoms with Crippen LogP contribution in [0.2, 0.25) is 0 Å². The number of fused-ring (bicyclic) bond motifs is 3. The van der Waals surface area contributed by atoms with Gasteiger partial charge in [-0.1, -0.05) is 48.0 Å². The van der Waals surface area contributed by atoms with E-state index in [1.807, 2.05) is 55.9 Å². The molecular formula is C22H23N3O2S2. The van der Waals surface area contributed by atoms with Crippen LogP contribution in [-0.4, -0.2) is 20.0 Å². The van der Waals surface area contributed by atoms with Crippen LogP contribution < -0.4 is 5.56 Å². The lowest BCUT2D eigenvalue weighted by Crippen LogP contribution is -2.28. The number of rotatable bonds is 4. The fourth-order valence-electron chi connectivity index (χ4n) is 4.36. The number of aryl methyl sites for hydroxylation is 2. The molecule has 5 rings (SSSR count). The number of para-hydroxylation sites is 1. The van der Waals surface area contributed by atoms with Crippen molar-refractivity contribution >= 4 is 23.5 Å². The minimum atomic E-state index is 0.101. The molecule has 29 heavy (non-hydrogen) atoms. The summed E-state index contributed by atoms with van der Waals surface area (Å²) in [5, 5.41) is 6.24. The Labute approximate surface area is 178 Å². The summed E-state index contributed by atoms with van der Waals surface area (Å²) in [5.74, 6) is 1.85. The van der Waals surface area contributed by atoms with Gasteiger partial charge in [0.1, 0.15) is 10.8 Å². The van der Waals surface area contributed by atoms with Gasteiger partial charge in [0.2, 0.25) is 0 Å². The standard InChI is InChI=1S/C22H23N3O2S2/c1-13-17(14(2)27-24-13)12-28-22-23-20-19(16-10-6-7-11-18(16)29-20)21(26)25(22)15-8-4-3-5-9-15/h3-5,8-9,16,18H,6-7,10-12H2,1-2H3. The van der Waals surface area contributed by atoms with Gasteiger partial charge < -0.3 is 4.52 Å². The molecule has 0 bridgehead atoms. The lowest BCUT2D eigenvalue weighted by molar-refractivity contribution is 0.392. The number of hydrogen-bond donors (Lipinski definition) is 0. The van der Waals surface area contributed by atoms with Crippen LogP contribution in [0.25, 0.3) is 5.69 Å². The van der Waals surface area contributed by atoms with Crippen molar-refractivity contribution in [1.82, 2.24) is 14.7 Å². The molecule has 5 nitrogen and oxygen atoms in total. The Morgan fingerprint density at radius 3 is 2.76 bits per heavy atom. The van der Waals surface area contributed by atoms with Crippen LogP contribution in [-0.2, 0) is 5.75 Å². The van der Waals surface area contributed by atoms with E-state index in [2.05, 4.69) is 5.16 Å². The molecule has 0 N–H and O–H groups in total. The normalized spacial score (nSPS) is 20.5. The van der Waals surface area contributed by atoms with Crippen molar-refractivity contribution in [3.8, 4) is 5.69 Å². The highest BCUT2D eigenvalue weighted by Gasteiger charge is 2.39. The summed E-state index contributed by atoms with van der Waals surface area (Å²) in [6.45, 7) is 3.88. The second-order valence-corrected chi connectivity index (χ2v) is 9.90. The summed E-state index contributed by atoms with van der Waals surface area (Å²) in [7, 11) is 0. The first-order chi connectivity index (χ1) is 14.1. The lowest BCUT2D eigenvalue weighted by atomic mass is 9.85. The zero-order valence-corrected chi connectivity index (χ0v) is 18.2. The molecule has 1 aliphatic heterocycles. The van der Waals surface area contributed by atoms with Gasteiger partial charge in [-0.2, -0.15) is 0 Å². The molecule has 0 amide bonds. The van der Waals surface area contributed by atoms with Crippen LogP contribution in [0.5, 0.6) is 0 Å². The molecule has 3 aromatic rings. The average Bonchev–Trinajstić information content (AvgIpc) is 3.26. The van der Waals surface area contributed by atoms with E-state index in [-0.39, 0.29) is 5.56 Å². The van der Waals surface area contributed by atoms with Gasteiger partial charge in [-0.15, -0.1) is 11.8 Å². The second kappa shape index (κ2) is 7.69. The summed E-state index contributed by atoms with van der Waals surface area (Å²) in [6, 6.07) is 9.87. The van der Waals surface area contributed by atoms with Gasteiger partial charge in [0.15, 0.2) is 5.16 Å². The van der Waals surface area contributed by atoms with Crippen molar-refractivity contribution in [2.24, 2.45) is 0 Å². The zero-order chi connectivity index (χ0) is 20.0. The molecule has 150 valence electrons. The highest BCUT2D eigenvalue weighted by molar-refractivity contribution is 8.00. The maximum atomic E-state index is 13.7. The van der Waals surface area contributed by atoms with Crippen LogP contribution in [0.15, 0.2) is 49.8 Å². The fraction of sp³-hybridized carbons (Fsp3) is 0.409. The maximum Gasteiger partial charge on any atom is 0.263 e. The number of nitrogens with zero attached hydrogens (tertiary/aromatic N) is 3. The van der Waals surface area contributed by atoms with Gasteiger partial charge in [0.25, 0.3) is 5.56 Å². The Morgan fingerprint density at radius 1 is 1.21 bits per heavy atom. The SMILES string of the molecule is Cc1noc(C)c1CSc1nc2c(c(=O)n1-c1ccccc1)C1CCCCC1S2. The first kappa shape index (κ1) is 19.0. The summed E-state index contributed by atoms with van der Waals surface area (Å²) < 4.78 is 7.11. The predicted octanol–water partition coefficient (Wildman–Crippen LogP) is 5.26. The van der Waals surface area contributed by atoms with Gasteiger partial charge in [-0.25, -0.2) is 4.98 Å². The van der Waals surface area contributed by atoms with E-state index in [0.717, 1.165) is 44.9 Å². The van der Waals surface area contributed by atoms with Gasteiger partial charge in [-0.3, -0.25) is 9.36 Å². The molecule has 2 unspecified atom stereocenters. The van der Waals surface area contributed by atoms with Gasteiger partial charge >= 0.3 is 0 Å². The molecule has 1 aromatic carbocycles. The van der Waals surface area contributed by atoms with E-state index < -0.39 is 0 Å². The molecule has 1 saturated carbocycles. The van der Waals surface area contributed by atoms with Crippen LogP contribution >= 0.6 is 23.5 Å². The van der Waals surface area contributed by atoms with Gasteiger partial charge in [0, 0.05) is 22.5 Å². The van der Waals surface area contributed by atoms with Crippen molar-refractivity contribution in [1.29, 1.82) is 0 Å². The van der Waals surface area contributed by atoms with Crippen LogP contribution in [0, 0.1) is 13.8 Å². The first-order valence-corrected chi connectivity index (χ1v) is 11.9. The van der Waals surface area contributed by atoms with E-state index in [9.17, 15) is 4.79 Å². The minimum absolute atomic E-state index is 0.101. The second-order valence-electron chi connectivity index (χ2n) is 7.73. The van der Waals surface area contributed by atoms with E-state index in [1.54, 1.807) is 16.3 Å². The van der Waals surface area contributed by atoms with Crippen molar-refractivity contribution < 1.29 is 4.52 Å². The number of hydrogen-bond acceptors (Lipinski definition) is 6. The van der Waals surface area contributed by atoms with Crippen molar-refractivity contribution in [3.63, 3.8) is 0 Å². The minimum Gasteiger partial charge on any atom is -0.361 e. The third-order valence-electron chi connectivity index (χ3n) is 5.93. The molecule has 1 fully saturated rings. The smallest absolute Gasteiger partial charge is 0.263 e. The molecule has 2 aromatic heterocycles. The third-order valence-corrected chi connectivity index (χ3v) is 8.30. The highest BCUT2D eigenvalue weighted by Crippen LogP contribution is 2.50. The molecule has 1 aliphatic carbocycles. The van der Waals surface area contributed by atoms with E-state index in [1.165, 1.54) is 19.3 Å². The number of aromatic nitrogens is 3. The number of thioether (sulfide) groups is 2. The molecule has 0 saturated heterocycles. The zero-order valence-electron chi connectivity index (χ0n) is 16.6. The highest BCUT2D eigenvalue weighted by atomic mass is 32.2. The first-order valence-electron chi connectivity index (χ1n) is 10.1. The van der Waals surface area contributed by atoms with Crippen molar-refractivity contribution in [3.05, 3.63) is 63.3 Å². The van der Waals surface area contributed by atoms with Gasteiger partial charge in [-0.05, 0) is 38.8 Å².